The van der Waals surface area contributed by atoms with Crippen molar-refractivity contribution in [2.24, 2.45) is 0 Å². The molecule has 27 heavy (non-hydrogen) atoms. The molecule has 4 heterocycles. The minimum absolute atomic E-state index is 0.0420. The van der Waals surface area contributed by atoms with Crippen LogP contribution in [-0.2, 0) is 0 Å². The van der Waals surface area contributed by atoms with Crippen molar-refractivity contribution in [1.29, 1.82) is 0 Å². The fourth-order valence-corrected chi connectivity index (χ4v) is 4.18. The van der Waals surface area contributed by atoms with Gasteiger partial charge in [-0.3, -0.25) is 9.78 Å². The van der Waals surface area contributed by atoms with Crippen LogP contribution in [-0.4, -0.2) is 42.9 Å². The van der Waals surface area contributed by atoms with Gasteiger partial charge >= 0.3 is 0 Å². The molecule has 6 heteroatoms. The third-order valence-corrected chi connectivity index (χ3v) is 5.43. The molecule has 1 aromatic carbocycles. The molecule has 2 atom stereocenters. The van der Waals surface area contributed by atoms with E-state index < -0.39 is 0 Å². The molecule has 2 aliphatic heterocycles. The van der Waals surface area contributed by atoms with Crippen molar-refractivity contribution < 1.29 is 4.79 Å². The number of fused-ring (bicyclic) bond motifs is 2. The van der Waals surface area contributed by atoms with Crippen molar-refractivity contribution in [2.75, 3.05) is 0 Å². The molecule has 6 nitrogen and oxygen atoms in total. The Balaban J connectivity index is 1.44. The summed E-state index contributed by atoms with van der Waals surface area (Å²) in [5, 5.41) is 7.79. The van der Waals surface area contributed by atoms with Crippen molar-refractivity contribution in [1.82, 2.24) is 24.9 Å². The molecule has 0 unspecified atom stereocenters. The summed E-state index contributed by atoms with van der Waals surface area (Å²) in [6.45, 7) is 0. The lowest BCUT2D eigenvalue weighted by Gasteiger charge is -2.34. The number of hydrogen-bond acceptors (Lipinski definition) is 4. The lowest BCUT2D eigenvalue weighted by Crippen LogP contribution is -2.43. The molecule has 2 aromatic heterocycles. The van der Waals surface area contributed by atoms with Crippen LogP contribution in [0.1, 0.15) is 35.2 Å². The van der Waals surface area contributed by atoms with Crippen molar-refractivity contribution in [2.45, 2.75) is 31.3 Å². The summed E-state index contributed by atoms with van der Waals surface area (Å²) in [7, 11) is 0. The second kappa shape index (κ2) is 6.46. The molecule has 1 fully saturated rings. The standard InChI is InChI=1S/C21H19N5O/c27-21(17-12-20(14-22-13-17)25-9-8-23-24-25)26-18-6-7-19(26)11-16(10-18)15-4-2-1-3-5-15/h1-5,8-10,12-14,18-19H,6-7,11H2/t18-,19-/m1/s1. The maximum absolute atomic E-state index is 13.2. The highest BCUT2D eigenvalue weighted by Crippen LogP contribution is 2.39. The van der Waals surface area contributed by atoms with Crippen LogP contribution in [0.4, 0.5) is 0 Å². The van der Waals surface area contributed by atoms with Crippen molar-refractivity contribution in [3.63, 3.8) is 0 Å². The predicted molar refractivity (Wildman–Crippen MR) is 101 cm³/mol. The Morgan fingerprint density at radius 2 is 2.00 bits per heavy atom. The Morgan fingerprint density at radius 3 is 2.78 bits per heavy atom. The first-order chi connectivity index (χ1) is 13.3. The smallest absolute Gasteiger partial charge is 0.256 e. The van der Waals surface area contributed by atoms with E-state index in [1.54, 1.807) is 29.5 Å². The topological polar surface area (TPSA) is 63.9 Å². The Hall–Kier alpha value is -3.28. The maximum atomic E-state index is 13.2. The molecule has 3 aromatic rings. The Labute approximate surface area is 157 Å². The van der Waals surface area contributed by atoms with E-state index >= 15 is 0 Å². The van der Waals surface area contributed by atoms with Gasteiger partial charge in [-0.15, -0.1) is 5.10 Å². The second-order valence-electron chi connectivity index (χ2n) is 7.05. The molecule has 1 amide bonds. The number of aromatic nitrogens is 4. The third-order valence-electron chi connectivity index (χ3n) is 5.43. The maximum Gasteiger partial charge on any atom is 0.256 e. The zero-order chi connectivity index (χ0) is 18.2. The normalized spacial score (nSPS) is 21.2. The molecule has 5 rings (SSSR count). The van der Waals surface area contributed by atoms with Gasteiger partial charge < -0.3 is 4.90 Å². The number of nitrogens with zero attached hydrogens (tertiary/aromatic N) is 5. The zero-order valence-corrected chi connectivity index (χ0v) is 14.8. The predicted octanol–water partition coefficient (Wildman–Crippen LogP) is 3.12. The van der Waals surface area contributed by atoms with Gasteiger partial charge in [0.25, 0.3) is 5.91 Å². The molecule has 2 aliphatic rings. The number of carbonyl (C=O) groups excluding carboxylic acids is 1. The molecular formula is C21H19N5O. The van der Waals surface area contributed by atoms with E-state index in [9.17, 15) is 4.79 Å². The highest BCUT2D eigenvalue weighted by Gasteiger charge is 2.40. The summed E-state index contributed by atoms with van der Waals surface area (Å²) in [5.74, 6) is 0.0420. The van der Waals surface area contributed by atoms with Gasteiger partial charge in [-0.2, -0.15) is 0 Å². The fourth-order valence-electron chi connectivity index (χ4n) is 4.18. The van der Waals surface area contributed by atoms with Crippen LogP contribution in [0, 0.1) is 0 Å². The van der Waals surface area contributed by atoms with E-state index in [0.717, 1.165) is 24.9 Å². The second-order valence-corrected chi connectivity index (χ2v) is 7.05. The summed E-state index contributed by atoms with van der Waals surface area (Å²) in [4.78, 5) is 19.5. The number of pyridine rings is 1. The zero-order valence-electron chi connectivity index (χ0n) is 14.8. The molecule has 1 saturated heterocycles. The van der Waals surface area contributed by atoms with Gasteiger partial charge in [0.2, 0.25) is 0 Å². The molecule has 0 aliphatic carbocycles. The minimum Gasteiger partial charge on any atom is -0.329 e. The highest BCUT2D eigenvalue weighted by atomic mass is 16.2. The van der Waals surface area contributed by atoms with Gasteiger partial charge in [0.1, 0.15) is 0 Å². The highest BCUT2D eigenvalue weighted by molar-refractivity contribution is 5.95. The fraction of sp³-hybridized carbons (Fsp3) is 0.238. The summed E-state index contributed by atoms with van der Waals surface area (Å²) in [5.41, 5.74) is 3.94. The molecule has 0 radical (unpaired) electrons. The average molecular weight is 357 g/mol. The lowest BCUT2D eigenvalue weighted by atomic mass is 9.94. The van der Waals surface area contributed by atoms with E-state index in [1.807, 2.05) is 17.0 Å². The van der Waals surface area contributed by atoms with Crippen LogP contribution in [0.25, 0.3) is 11.3 Å². The van der Waals surface area contributed by atoms with Gasteiger partial charge in [0.05, 0.1) is 35.9 Å². The van der Waals surface area contributed by atoms with Gasteiger partial charge in [0.15, 0.2) is 0 Å². The summed E-state index contributed by atoms with van der Waals surface area (Å²) in [6.07, 6.45) is 11.9. The van der Waals surface area contributed by atoms with Crippen LogP contribution < -0.4 is 0 Å². The van der Waals surface area contributed by atoms with Gasteiger partial charge in [-0.05, 0) is 36.5 Å². The number of benzene rings is 1. The van der Waals surface area contributed by atoms with Crippen LogP contribution in [0.15, 0.2) is 67.3 Å². The Bertz CT molecular complexity index is 996. The monoisotopic (exact) mass is 357 g/mol. The van der Waals surface area contributed by atoms with Crippen molar-refractivity contribution in [3.05, 3.63) is 78.4 Å². The first-order valence-corrected chi connectivity index (χ1v) is 9.20. The molecule has 0 spiro atoms. The average Bonchev–Trinajstić information content (AvgIpc) is 3.35. The van der Waals surface area contributed by atoms with Crippen LogP contribution in [0.2, 0.25) is 0 Å². The summed E-state index contributed by atoms with van der Waals surface area (Å²) in [6, 6.07) is 12.7. The van der Waals surface area contributed by atoms with Crippen LogP contribution >= 0.6 is 0 Å². The number of amides is 1. The van der Waals surface area contributed by atoms with Gasteiger partial charge in [0, 0.05) is 12.2 Å². The quantitative estimate of drug-likeness (QED) is 0.722. The first kappa shape index (κ1) is 15.9. The summed E-state index contributed by atoms with van der Waals surface area (Å²) >= 11 is 0. The molecule has 2 bridgehead atoms. The Kier molecular flexibility index (Phi) is 3.81. The lowest BCUT2D eigenvalue weighted by molar-refractivity contribution is 0.0692. The summed E-state index contributed by atoms with van der Waals surface area (Å²) < 4.78 is 1.61. The third kappa shape index (κ3) is 2.83. The number of rotatable bonds is 3. The number of carbonyl (C=O) groups is 1. The van der Waals surface area contributed by atoms with Crippen LogP contribution in [0.5, 0.6) is 0 Å². The van der Waals surface area contributed by atoms with E-state index in [-0.39, 0.29) is 18.0 Å². The van der Waals surface area contributed by atoms with Crippen LogP contribution in [0.3, 0.4) is 0 Å². The number of hydrogen-bond donors (Lipinski definition) is 0. The SMILES string of the molecule is O=C(c1cncc(-n2ccnn2)c1)N1[C@@H]2CC[C@@H]1C=C(c1ccccc1)C2. The molecule has 0 N–H and O–H groups in total. The molecular weight excluding hydrogens is 338 g/mol. The Morgan fingerprint density at radius 1 is 1.11 bits per heavy atom. The van der Waals surface area contributed by atoms with Gasteiger partial charge in [-0.25, -0.2) is 4.68 Å². The van der Waals surface area contributed by atoms with E-state index in [0.29, 0.717) is 5.56 Å². The van der Waals surface area contributed by atoms with E-state index in [1.165, 1.54) is 11.1 Å². The van der Waals surface area contributed by atoms with Crippen molar-refractivity contribution in [3.8, 4) is 5.69 Å². The van der Waals surface area contributed by atoms with Crippen molar-refractivity contribution >= 4 is 11.5 Å². The molecule has 0 saturated carbocycles. The van der Waals surface area contributed by atoms with E-state index in [2.05, 4.69) is 45.6 Å². The largest absolute Gasteiger partial charge is 0.329 e. The first-order valence-electron chi connectivity index (χ1n) is 9.20. The van der Waals surface area contributed by atoms with Gasteiger partial charge in [-0.1, -0.05) is 41.6 Å². The van der Waals surface area contributed by atoms with E-state index in [4.69, 9.17) is 0 Å². The molecule has 134 valence electrons. The minimum atomic E-state index is 0.0420.